The molecule has 42 heavy (non-hydrogen) atoms. The number of hydrogen-bond acceptors (Lipinski definition) is 8. The SMILES string of the molecule is CN1CCC[C@H]1COc1nc2c(c(N3CCN(C(=O)OC(C)(C)C)CC3)n1)CCN(c1cccc3cccc(F)c13)C2. The van der Waals surface area contributed by atoms with Crippen LogP contribution in [0.4, 0.5) is 20.7 Å². The summed E-state index contributed by atoms with van der Waals surface area (Å²) in [6.07, 6.45) is 2.71. The van der Waals surface area contributed by atoms with E-state index in [1.165, 1.54) is 12.5 Å². The Morgan fingerprint density at radius 1 is 1.00 bits per heavy atom. The van der Waals surface area contributed by atoms with Crippen LogP contribution in [0.3, 0.4) is 0 Å². The Bertz CT molecular complexity index is 1450. The van der Waals surface area contributed by atoms with Gasteiger partial charge in [0.05, 0.1) is 12.2 Å². The number of amides is 1. The second kappa shape index (κ2) is 11.6. The van der Waals surface area contributed by atoms with E-state index in [1.54, 1.807) is 11.0 Å². The van der Waals surface area contributed by atoms with Crippen molar-refractivity contribution >= 4 is 28.4 Å². The molecule has 2 saturated heterocycles. The Morgan fingerprint density at radius 3 is 2.48 bits per heavy atom. The fraction of sp³-hybridized carbons (Fsp3) is 0.531. The maximum absolute atomic E-state index is 15.0. The number of nitrogens with zero attached hydrogens (tertiary/aromatic N) is 6. The molecule has 0 radical (unpaired) electrons. The topological polar surface area (TPSA) is 74.3 Å². The van der Waals surface area contributed by atoms with E-state index in [2.05, 4.69) is 21.7 Å². The van der Waals surface area contributed by atoms with Crippen molar-refractivity contribution in [2.24, 2.45) is 0 Å². The summed E-state index contributed by atoms with van der Waals surface area (Å²) in [6, 6.07) is 11.9. The van der Waals surface area contributed by atoms with Crippen molar-refractivity contribution in [1.82, 2.24) is 19.8 Å². The predicted octanol–water partition coefficient (Wildman–Crippen LogP) is 4.86. The van der Waals surface area contributed by atoms with Crippen molar-refractivity contribution in [3.05, 3.63) is 53.5 Å². The molecule has 2 aromatic carbocycles. The van der Waals surface area contributed by atoms with E-state index in [4.69, 9.17) is 19.4 Å². The minimum Gasteiger partial charge on any atom is -0.462 e. The number of carbonyl (C=O) groups is 1. The smallest absolute Gasteiger partial charge is 0.410 e. The van der Waals surface area contributed by atoms with Gasteiger partial charge < -0.3 is 29.1 Å². The Morgan fingerprint density at radius 2 is 1.76 bits per heavy atom. The zero-order valence-corrected chi connectivity index (χ0v) is 25.1. The second-order valence-corrected chi connectivity index (χ2v) is 12.6. The molecule has 3 aromatic rings. The van der Waals surface area contributed by atoms with E-state index in [0.717, 1.165) is 54.1 Å². The second-order valence-electron chi connectivity index (χ2n) is 12.6. The first kappa shape index (κ1) is 28.5. The van der Waals surface area contributed by atoms with Gasteiger partial charge in [-0.25, -0.2) is 9.18 Å². The highest BCUT2D eigenvalue weighted by molar-refractivity contribution is 5.95. The van der Waals surface area contributed by atoms with Crippen molar-refractivity contribution in [2.45, 2.75) is 58.2 Å². The van der Waals surface area contributed by atoms with Crippen LogP contribution in [0, 0.1) is 5.82 Å². The van der Waals surface area contributed by atoms with E-state index in [9.17, 15) is 4.79 Å². The third-order valence-corrected chi connectivity index (χ3v) is 8.50. The molecule has 1 aromatic heterocycles. The van der Waals surface area contributed by atoms with Crippen LogP contribution in [0.15, 0.2) is 36.4 Å². The van der Waals surface area contributed by atoms with Crippen LogP contribution in [0.1, 0.15) is 44.9 Å². The lowest BCUT2D eigenvalue weighted by Gasteiger charge is -2.38. The summed E-state index contributed by atoms with van der Waals surface area (Å²) >= 11 is 0. The molecule has 10 heteroatoms. The van der Waals surface area contributed by atoms with Gasteiger partial charge in [0.2, 0.25) is 0 Å². The minimum atomic E-state index is -0.529. The molecule has 3 aliphatic heterocycles. The largest absolute Gasteiger partial charge is 0.462 e. The van der Waals surface area contributed by atoms with Gasteiger partial charge in [-0.3, -0.25) is 0 Å². The Labute approximate surface area is 247 Å². The van der Waals surface area contributed by atoms with Gasteiger partial charge in [0.15, 0.2) is 0 Å². The van der Waals surface area contributed by atoms with Gasteiger partial charge in [0.25, 0.3) is 0 Å². The molecule has 224 valence electrons. The summed E-state index contributed by atoms with van der Waals surface area (Å²) in [4.78, 5) is 31.1. The number of halogens is 1. The number of hydrogen-bond donors (Lipinski definition) is 0. The summed E-state index contributed by atoms with van der Waals surface area (Å²) < 4.78 is 26.9. The van der Waals surface area contributed by atoms with Gasteiger partial charge >= 0.3 is 12.1 Å². The summed E-state index contributed by atoms with van der Waals surface area (Å²) in [5, 5.41) is 1.52. The van der Waals surface area contributed by atoms with Gasteiger partial charge in [-0.05, 0) is 71.1 Å². The van der Waals surface area contributed by atoms with Gasteiger partial charge in [0, 0.05) is 55.4 Å². The highest BCUT2D eigenvalue weighted by Gasteiger charge is 2.31. The summed E-state index contributed by atoms with van der Waals surface area (Å²) in [5.74, 6) is 0.659. The zero-order valence-electron chi connectivity index (χ0n) is 25.1. The van der Waals surface area contributed by atoms with Crippen LogP contribution in [0.25, 0.3) is 10.8 Å². The van der Waals surface area contributed by atoms with Gasteiger partial charge in [-0.1, -0.05) is 24.3 Å². The summed E-state index contributed by atoms with van der Waals surface area (Å²) in [7, 11) is 2.13. The van der Waals surface area contributed by atoms with Gasteiger partial charge in [-0.15, -0.1) is 0 Å². The molecule has 0 saturated carbocycles. The fourth-order valence-electron chi connectivity index (χ4n) is 6.25. The molecule has 6 rings (SSSR count). The third-order valence-electron chi connectivity index (χ3n) is 8.50. The normalized spacial score (nSPS) is 19.7. The average Bonchev–Trinajstić information content (AvgIpc) is 3.38. The number of ether oxygens (including phenoxy) is 2. The standard InChI is InChI=1S/C32H41FN6O3/c1-32(2,3)42-31(40)38-18-16-37(17-19-38)29-24-13-15-39(27-12-6-9-22-8-5-11-25(33)28(22)27)20-26(24)34-30(35-29)41-21-23-10-7-14-36(23)4/h5-6,8-9,11-12,23H,7,10,13-21H2,1-4H3/t23-/m0/s1. The quantitative estimate of drug-likeness (QED) is 0.427. The first-order valence-electron chi connectivity index (χ1n) is 15.0. The third kappa shape index (κ3) is 5.95. The molecule has 1 amide bonds. The van der Waals surface area contributed by atoms with Crippen LogP contribution in [-0.2, 0) is 17.7 Å². The molecule has 2 fully saturated rings. The number of likely N-dealkylation sites (N-methyl/N-ethyl adjacent to an activating group) is 1. The highest BCUT2D eigenvalue weighted by Crippen LogP contribution is 2.35. The molecular formula is C32H41FN6O3. The van der Waals surface area contributed by atoms with Crippen LogP contribution in [-0.4, -0.2) is 90.4 Å². The molecule has 0 aliphatic carbocycles. The molecule has 0 bridgehead atoms. The zero-order chi connectivity index (χ0) is 29.4. The fourth-order valence-corrected chi connectivity index (χ4v) is 6.25. The van der Waals surface area contributed by atoms with Crippen molar-refractivity contribution in [3.8, 4) is 6.01 Å². The maximum atomic E-state index is 15.0. The van der Waals surface area contributed by atoms with Crippen molar-refractivity contribution in [3.63, 3.8) is 0 Å². The summed E-state index contributed by atoms with van der Waals surface area (Å²) in [6.45, 7) is 10.9. The Hall–Kier alpha value is -3.66. The summed E-state index contributed by atoms with van der Waals surface area (Å²) in [5.41, 5.74) is 2.35. The molecule has 1 atom stereocenters. The van der Waals surface area contributed by atoms with Crippen LogP contribution in [0.5, 0.6) is 6.01 Å². The van der Waals surface area contributed by atoms with Gasteiger partial charge in [0.1, 0.15) is 23.8 Å². The Kier molecular flexibility index (Phi) is 7.83. The van der Waals surface area contributed by atoms with E-state index < -0.39 is 5.60 Å². The number of anilines is 2. The van der Waals surface area contributed by atoms with Crippen molar-refractivity contribution < 1.29 is 18.7 Å². The number of fused-ring (bicyclic) bond motifs is 2. The first-order valence-corrected chi connectivity index (χ1v) is 15.0. The van der Waals surface area contributed by atoms with E-state index in [-0.39, 0.29) is 11.9 Å². The number of rotatable bonds is 5. The van der Waals surface area contributed by atoms with Crippen molar-refractivity contribution in [2.75, 3.05) is 62.7 Å². The van der Waals surface area contributed by atoms with E-state index in [1.807, 2.05) is 45.0 Å². The molecule has 3 aliphatic rings. The van der Waals surface area contributed by atoms with E-state index in [0.29, 0.717) is 56.8 Å². The maximum Gasteiger partial charge on any atom is 0.410 e. The first-order chi connectivity index (χ1) is 20.2. The molecule has 0 spiro atoms. The minimum absolute atomic E-state index is 0.218. The number of likely N-dealkylation sites (tertiary alicyclic amines) is 1. The lowest BCUT2D eigenvalue weighted by molar-refractivity contribution is 0.0240. The molecular weight excluding hydrogens is 535 g/mol. The van der Waals surface area contributed by atoms with Crippen molar-refractivity contribution in [1.29, 1.82) is 0 Å². The molecule has 0 N–H and O–H groups in total. The molecule has 0 unspecified atom stereocenters. The highest BCUT2D eigenvalue weighted by atomic mass is 19.1. The van der Waals surface area contributed by atoms with Crippen LogP contribution < -0.4 is 14.5 Å². The number of benzene rings is 2. The Balaban J connectivity index is 1.27. The average molecular weight is 577 g/mol. The van der Waals surface area contributed by atoms with E-state index >= 15 is 4.39 Å². The molecule has 9 nitrogen and oxygen atoms in total. The number of piperazine rings is 1. The lowest BCUT2D eigenvalue weighted by atomic mass is 10.0. The number of carbonyl (C=O) groups excluding carboxylic acids is 1. The van der Waals surface area contributed by atoms with Crippen LogP contribution in [0.2, 0.25) is 0 Å². The van der Waals surface area contributed by atoms with Crippen LogP contribution >= 0.6 is 0 Å². The molecule has 4 heterocycles. The number of aromatic nitrogens is 2. The lowest BCUT2D eigenvalue weighted by Crippen LogP contribution is -2.50. The van der Waals surface area contributed by atoms with Gasteiger partial charge in [-0.2, -0.15) is 9.97 Å². The predicted molar refractivity (Wildman–Crippen MR) is 162 cm³/mol. The monoisotopic (exact) mass is 576 g/mol.